The summed E-state index contributed by atoms with van der Waals surface area (Å²) in [6.07, 6.45) is 1.72. The van der Waals surface area contributed by atoms with E-state index in [0.29, 0.717) is 15.8 Å². The van der Waals surface area contributed by atoms with E-state index in [2.05, 4.69) is 4.99 Å². The Morgan fingerprint density at radius 1 is 1.19 bits per heavy atom. The van der Waals surface area contributed by atoms with Crippen LogP contribution < -0.4 is 9.64 Å². The molecule has 27 heavy (non-hydrogen) atoms. The van der Waals surface area contributed by atoms with Crippen LogP contribution in [0.5, 0.6) is 11.5 Å². The fourth-order valence-electron chi connectivity index (χ4n) is 2.28. The molecule has 138 valence electrons. The summed E-state index contributed by atoms with van der Waals surface area (Å²) >= 11 is 1.26. The lowest BCUT2D eigenvalue weighted by Crippen LogP contribution is -2.21. The van der Waals surface area contributed by atoms with Crippen molar-refractivity contribution in [2.45, 2.75) is 0 Å². The van der Waals surface area contributed by atoms with Crippen molar-refractivity contribution in [1.82, 2.24) is 0 Å². The van der Waals surface area contributed by atoms with Crippen molar-refractivity contribution in [3.63, 3.8) is 0 Å². The van der Waals surface area contributed by atoms with E-state index in [0.717, 1.165) is 11.3 Å². The number of thioether (sulfide) groups is 1. The second kappa shape index (κ2) is 7.96. The largest absolute Gasteiger partial charge is 0.508 e. The van der Waals surface area contributed by atoms with E-state index in [4.69, 9.17) is 9.84 Å². The van der Waals surface area contributed by atoms with Crippen LogP contribution in [0.15, 0.2) is 58.4 Å². The van der Waals surface area contributed by atoms with E-state index in [1.165, 1.54) is 11.8 Å². The average Bonchev–Trinajstić information content (AvgIpc) is 3.01. The summed E-state index contributed by atoms with van der Waals surface area (Å²) in [6.45, 7) is -0.407. The predicted molar refractivity (Wildman–Crippen MR) is 104 cm³/mol. The second-order valence-electron chi connectivity index (χ2n) is 5.64. The summed E-state index contributed by atoms with van der Waals surface area (Å²) in [7, 11) is 1.79. The number of rotatable bonds is 5. The highest BCUT2D eigenvalue weighted by Gasteiger charge is 2.25. The van der Waals surface area contributed by atoms with Crippen molar-refractivity contribution in [2.75, 3.05) is 18.6 Å². The van der Waals surface area contributed by atoms with Gasteiger partial charge in [0.05, 0.1) is 4.91 Å². The third-order valence-corrected chi connectivity index (χ3v) is 4.73. The summed E-state index contributed by atoms with van der Waals surface area (Å²) in [4.78, 5) is 29.0. The number of phenols is 1. The van der Waals surface area contributed by atoms with E-state index in [1.54, 1.807) is 66.6 Å². The first-order valence-electron chi connectivity index (χ1n) is 7.92. The Balaban J connectivity index is 1.69. The first kappa shape index (κ1) is 18.5. The Hall–Kier alpha value is -3.26. The van der Waals surface area contributed by atoms with Gasteiger partial charge >= 0.3 is 5.97 Å². The molecule has 0 aromatic heterocycles. The summed E-state index contributed by atoms with van der Waals surface area (Å²) in [6, 6.07) is 13.4. The number of carbonyl (C=O) groups is 2. The molecule has 2 N–H and O–H groups in total. The van der Waals surface area contributed by atoms with Crippen molar-refractivity contribution in [3.05, 3.63) is 59.0 Å². The predicted octanol–water partition coefficient (Wildman–Crippen LogP) is 2.96. The summed E-state index contributed by atoms with van der Waals surface area (Å²) in [5, 5.41) is 18.5. The zero-order valence-corrected chi connectivity index (χ0v) is 15.1. The van der Waals surface area contributed by atoms with Gasteiger partial charge in [-0.15, -0.1) is 0 Å². The van der Waals surface area contributed by atoms with Gasteiger partial charge in [-0.05, 0) is 59.8 Å². The topological polar surface area (TPSA) is 99.4 Å². The molecule has 0 saturated heterocycles. The number of aliphatic imine (C=N–C) groups is 1. The number of hydrogen-bond acceptors (Lipinski definition) is 6. The number of carbonyl (C=O) groups excluding carboxylic acids is 1. The summed E-state index contributed by atoms with van der Waals surface area (Å²) < 4.78 is 5.08. The van der Waals surface area contributed by atoms with E-state index >= 15 is 0 Å². The lowest BCUT2D eigenvalue weighted by Gasteiger charge is -2.17. The van der Waals surface area contributed by atoms with Crippen LogP contribution in [0.1, 0.15) is 5.56 Å². The molecule has 2 aromatic rings. The number of phenolic OH excluding ortho intramolecular Hbond substituents is 1. The minimum Gasteiger partial charge on any atom is -0.508 e. The number of nitrogens with zero attached hydrogens (tertiary/aromatic N) is 2. The number of hydrogen-bond donors (Lipinski definition) is 2. The molecule has 0 spiro atoms. The molecule has 0 atom stereocenters. The fourth-order valence-corrected chi connectivity index (χ4v) is 3.18. The molecule has 0 radical (unpaired) electrons. The van der Waals surface area contributed by atoms with Gasteiger partial charge in [0.2, 0.25) is 0 Å². The Morgan fingerprint density at radius 3 is 2.48 bits per heavy atom. The van der Waals surface area contributed by atoms with E-state index in [1.807, 2.05) is 0 Å². The highest BCUT2D eigenvalue weighted by Crippen LogP contribution is 2.32. The number of aliphatic carboxylic acids is 1. The van der Waals surface area contributed by atoms with Crippen LogP contribution in [0, 0.1) is 0 Å². The van der Waals surface area contributed by atoms with Gasteiger partial charge in [0.1, 0.15) is 11.5 Å². The Bertz CT molecular complexity index is 920. The highest BCUT2D eigenvalue weighted by atomic mass is 32.2. The first-order chi connectivity index (χ1) is 12.9. The first-order valence-corrected chi connectivity index (χ1v) is 8.74. The molecule has 1 aliphatic rings. The van der Waals surface area contributed by atoms with Gasteiger partial charge in [0, 0.05) is 12.7 Å². The molecule has 0 saturated carbocycles. The van der Waals surface area contributed by atoms with E-state index in [9.17, 15) is 14.7 Å². The van der Waals surface area contributed by atoms with Crippen LogP contribution >= 0.6 is 11.8 Å². The molecule has 1 amide bonds. The molecule has 0 unspecified atom stereocenters. The number of aromatic hydroxyl groups is 1. The average molecular weight is 384 g/mol. The molecule has 1 aliphatic heterocycles. The van der Waals surface area contributed by atoms with Gasteiger partial charge in [-0.1, -0.05) is 12.1 Å². The van der Waals surface area contributed by atoms with Crippen LogP contribution in [0.4, 0.5) is 5.69 Å². The minimum atomic E-state index is -1.04. The maximum Gasteiger partial charge on any atom is 0.341 e. The number of ether oxygens (including phenoxy) is 1. The number of carboxylic acids is 1. The Kier molecular flexibility index (Phi) is 5.46. The number of amidine groups is 1. The van der Waals surface area contributed by atoms with Crippen molar-refractivity contribution >= 4 is 40.6 Å². The minimum absolute atomic E-state index is 0.167. The Morgan fingerprint density at radius 2 is 1.85 bits per heavy atom. The lowest BCUT2D eigenvalue weighted by atomic mass is 10.2. The molecule has 0 fully saturated rings. The van der Waals surface area contributed by atoms with Gasteiger partial charge in [0.25, 0.3) is 5.91 Å². The van der Waals surface area contributed by atoms with Crippen LogP contribution in [0.3, 0.4) is 0 Å². The van der Waals surface area contributed by atoms with Crippen LogP contribution in [-0.2, 0) is 9.59 Å². The van der Waals surface area contributed by atoms with Crippen molar-refractivity contribution in [2.24, 2.45) is 4.99 Å². The zero-order valence-electron chi connectivity index (χ0n) is 14.3. The monoisotopic (exact) mass is 384 g/mol. The van der Waals surface area contributed by atoms with Gasteiger partial charge in [-0.3, -0.25) is 4.79 Å². The molecular weight excluding hydrogens is 368 g/mol. The van der Waals surface area contributed by atoms with E-state index in [-0.39, 0.29) is 11.7 Å². The molecule has 0 aliphatic carbocycles. The molecule has 8 heteroatoms. The van der Waals surface area contributed by atoms with Crippen LogP contribution in [0.25, 0.3) is 6.08 Å². The number of benzene rings is 2. The molecule has 0 bridgehead atoms. The summed E-state index contributed by atoms with van der Waals surface area (Å²) in [5.74, 6) is -0.766. The van der Waals surface area contributed by atoms with E-state index < -0.39 is 12.6 Å². The molecule has 1 heterocycles. The SMILES string of the molecule is CN(C1=NC(=O)/C(=C/c2ccc(OCC(=O)O)cc2)S1)c1ccc(O)cc1. The van der Waals surface area contributed by atoms with Crippen molar-refractivity contribution in [1.29, 1.82) is 0 Å². The number of amides is 1. The fraction of sp³-hybridized carbons (Fsp3) is 0.105. The molecule has 7 nitrogen and oxygen atoms in total. The van der Waals surface area contributed by atoms with Crippen LogP contribution in [-0.4, -0.2) is 40.9 Å². The van der Waals surface area contributed by atoms with Gasteiger partial charge in [0.15, 0.2) is 11.8 Å². The highest BCUT2D eigenvalue weighted by molar-refractivity contribution is 8.18. The van der Waals surface area contributed by atoms with Gasteiger partial charge in [-0.25, -0.2) is 4.79 Å². The van der Waals surface area contributed by atoms with Gasteiger partial charge in [-0.2, -0.15) is 4.99 Å². The smallest absolute Gasteiger partial charge is 0.341 e. The van der Waals surface area contributed by atoms with Gasteiger partial charge < -0.3 is 19.8 Å². The van der Waals surface area contributed by atoms with Crippen molar-refractivity contribution in [3.8, 4) is 11.5 Å². The third-order valence-electron chi connectivity index (χ3n) is 3.67. The second-order valence-corrected chi connectivity index (χ2v) is 6.65. The maximum atomic E-state index is 12.2. The molecule has 2 aromatic carbocycles. The number of anilines is 1. The zero-order chi connectivity index (χ0) is 19.4. The third kappa shape index (κ3) is 4.68. The normalized spacial score (nSPS) is 14.9. The molecular formula is C19H16N2O5S. The number of carboxylic acid groups (broad SMARTS) is 1. The van der Waals surface area contributed by atoms with Crippen molar-refractivity contribution < 1.29 is 24.5 Å². The standard InChI is InChI=1S/C19H16N2O5S/c1-21(13-4-6-14(22)7-5-13)19-20-18(25)16(27-19)10-12-2-8-15(9-3-12)26-11-17(23)24/h2-10,22H,11H2,1H3,(H,23,24)/b16-10-. The quantitative estimate of drug-likeness (QED) is 0.765. The Labute approximate surface area is 159 Å². The maximum absolute atomic E-state index is 12.2. The lowest BCUT2D eigenvalue weighted by molar-refractivity contribution is -0.139. The summed E-state index contributed by atoms with van der Waals surface area (Å²) in [5.41, 5.74) is 1.57. The van der Waals surface area contributed by atoms with Crippen LogP contribution in [0.2, 0.25) is 0 Å². The molecule has 3 rings (SSSR count).